The highest BCUT2D eigenvalue weighted by atomic mass is 35.7. The molecular weight excluding hydrogens is 860 g/mol. The molecule has 4 aromatic heterocycles. The van der Waals surface area contributed by atoms with Gasteiger partial charge >= 0.3 is 0 Å². The smallest absolute Gasteiger partial charge is 0.261 e. The number of nitrogens with one attached hydrogen (secondary N) is 1. The molecule has 2 aliphatic rings. The molecule has 14 nitrogen and oxygen atoms in total. The number of fused-ring (bicyclic) bond motifs is 2. The van der Waals surface area contributed by atoms with Crippen LogP contribution in [-0.2, 0) is 45.3 Å². The number of pyridine rings is 2. The lowest BCUT2D eigenvalue weighted by Gasteiger charge is -2.16. The van der Waals surface area contributed by atoms with Crippen LogP contribution in [-0.4, -0.2) is 61.8 Å². The molecule has 8 aromatic rings. The van der Waals surface area contributed by atoms with Crippen LogP contribution in [0.25, 0.3) is 11.4 Å². The van der Waals surface area contributed by atoms with Gasteiger partial charge in [0.05, 0.1) is 22.4 Å². The van der Waals surface area contributed by atoms with Gasteiger partial charge in [0, 0.05) is 96.5 Å². The molecular formula is C46H37ClN8O6S2. The van der Waals surface area contributed by atoms with Crippen LogP contribution in [0.15, 0.2) is 181 Å². The number of nitrogens with zero attached hydrogens (tertiary/aromatic N) is 7. The van der Waals surface area contributed by atoms with E-state index in [4.69, 9.17) is 10.7 Å². The highest BCUT2D eigenvalue weighted by molar-refractivity contribution is 8.13. The third-order valence-electron chi connectivity index (χ3n) is 10.2. The second kappa shape index (κ2) is 18.6. The number of ketones is 2. The van der Waals surface area contributed by atoms with E-state index in [9.17, 15) is 26.4 Å². The van der Waals surface area contributed by atoms with Crippen molar-refractivity contribution in [3.05, 3.63) is 216 Å². The highest BCUT2D eigenvalue weighted by Crippen LogP contribution is 2.30. The van der Waals surface area contributed by atoms with Gasteiger partial charge in [-0.15, -0.1) is 0 Å². The number of benzene rings is 4. The van der Waals surface area contributed by atoms with Crippen molar-refractivity contribution in [2.45, 2.75) is 36.0 Å². The number of hydrogen-bond acceptors (Lipinski definition) is 11. The molecule has 0 aliphatic carbocycles. The molecule has 0 radical (unpaired) electrons. The molecule has 0 saturated carbocycles. The van der Waals surface area contributed by atoms with Crippen LogP contribution in [0.1, 0.15) is 54.4 Å². The Balaban J connectivity index is 0.000000143. The second-order valence-electron chi connectivity index (χ2n) is 14.3. The number of carbonyl (C=O) groups is 2. The van der Waals surface area contributed by atoms with E-state index in [1.54, 1.807) is 126 Å². The van der Waals surface area contributed by atoms with Crippen molar-refractivity contribution in [1.29, 1.82) is 0 Å². The van der Waals surface area contributed by atoms with Gasteiger partial charge < -0.3 is 14.5 Å². The van der Waals surface area contributed by atoms with Crippen molar-refractivity contribution >= 4 is 41.3 Å². The number of rotatable bonds is 9. The van der Waals surface area contributed by atoms with Crippen LogP contribution >= 0.6 is 10.7 Å². The summed E-state index contributed by atoms with van der Waals surface area (Å²) in [5, 5.41) is 3.24. The summed E-state index contributed by atoms with van der Waals surface area (Å²) in [6.07, 6.45) is 13.6. The molecule has 17 heteroatoms. The summed E-state index contributed by atoms with van der Waals surface area (Å²) in [7, 11) is -2.13. The Kier molecular flexibility index (Phi) is 12.6. The molecule has 0 bridgehead atoms. The van der Waals surface area contributed by atoms with E-state index in [1.165, 1.54) is 27.6 Å². The average Bonchev–Trinajstić information content (AvgIpc) is 4.17. The maximum Gasteiger partial charge on any atom is 0.261 e. The summed E-state index contributed by atoms with van der Waals surface area (Å²) in [5.41, 5.74) is 7.71. The summed E-state index contributed by atoms with van der Waals surface area (Å²) < 4.78 is 53.3. The van der Waals surface area contributed by atoms with E-state index in [2.05, 4.69) is 25.3 Å². The standard InChI is InChI=1S/C23H18N4O3S.C14H12N2O.C9H7ClN2O2S/c28-23(17-4-2-1-3-5-17)22-12-18-14-27(15-19(18)13-25-22)31(29,30)21-8-6-20(7-9-21)26-11-10-24-16-26;17-14(10-4-2-1-3-5-10)13-6-11-7-15-8-12(11)9-16-13;10-15(13,14)9-3-1-8(2-4-9)12-6-5-11-7-12/h1-13,16H,14-15H2;1-6,9,15H,7-8H2;1-7H. The molecule has 0 unspecified atom stereocenters. The second-order valence-corrected chi connectivity index (χ2v) is 18.8. The van der Waals surface area contributed by atoms with Gasteiger partial charge in [-0.25, -0.2) is 26.8 Å². The van der Waals surface area contributed by atoms with Crippen LogP contribution in [0.4, 0.5) is 0 Å². The first-order valence-electron chi connectivity index (χ1n) is 19.4. The van der Waals surface area contributed by atoms with Crippen LogP contribution in [0.2, 0.25) is 0 Å². The predicted octanol–water partition coefficient (Wildman–Crippen LogP) is 6.92. The van der Waals surface area contributed by atoms with E-state index in [-0.39, 0.29) is 34.4 Å². The number of sulfonamides is 1. The van der Waals surface area contributed by atoms with Crippen LogP contribution in [0.3, 0.4) is 0 Å². The normalized spacial score (nSPS) is 13.2. The Hall–Kier alpha value is -6.95. The number of imidazole rings is 2. The zero-order valence-corrected chi connectivity index (χ0v) is 35.7. The zero-order chi connectivity index (χ0) is 44.0. The van der Waals surface area contributed by atoms with Gasteiger partial charge in [-0.2, -0.15) is 4.31 Å². The van der Waals surface area contributed by atoms with Crippen molar-refractivity contribution in [1.82, 2.24) is 38.7 Å². The quantitative estimate of drug-likeness (QED) is 0.118. The number of aromatic nitrogens is 6. The Morgan fingerprint density at radius 3 is 1.51 bits per heavy atom. The van der Waals surface area contributed by atoms with Gasteiger partial charge in [0.2, 0.25) is 21.6 Å². The first-order valence-corrected chi connectivity index (χ1v) is 23.2. The first-order chi connectivity index (χ1) is 30.4. The van der Waals surface area contributed by atoms with Crippen molar-refractivity contribution < 1.29 is 26.4 Å². The zero-order valence-electron chi connectivity index (χ0n) is 33.3. The molecule has 0 spiro atoms. The fourth-order valence-electron chi connectivity index (χ4n) is 6.87. The largest absolute Gasteiger partial charge is 0.309 e. The van der Waals surface area contributed by atoms with Crippen LogP contribution in [0, 0.1) is 0 Å². The third kappa shape index (κ3) is 9.91. The molecule has 10 rings (SSSR count). The van der Waals surface area contributed by atoms with Crippen molar-refractivity contribution in [2.24, 2.45) is 0 Å². The van der Waals surface area contributed by atoms with Gasteiger partial charge in [-0.3, -0.25) is 19.6 Å². The fraction of sp³-hybridized carbons (Fsp3) is 0.0870. The lowest BCUT2D eigenvalue weighted by Crippen LogP contribution is -2.25. The number of hydrogen-bond donors (Lipinski definition) is 1. The summed E-state index contributed by atoms with van der Waals surface area (Å²) in [5.74, 6) is -0.194. The predicted molar refractivity (Wildman–Crippen MR) is 235 cm³/mol. The van der Waals surface area contributed by atoms with Crippen LogP contribution in [0.5, 0.6) is 0 Å². The van der Waals surface area contributed by atoms with Crippen molar-refractivity contribution in [2.75, 3.05) is 0 Å². The molecule has 63 heavy (non-hydrogen) atoms. The average molecular weight is 897 g/mol. The maximum absolute atomic E-state index is 13.2. The monoisotopic (exact) mass is 896 g/mol. The first kappa shape index (κ1) is 42.7. The maximum atomic E-state index is 13.2. The summed E-state index contributed by atoms with van der Waals surface area (Å²) in [6, 6.07) is 34.7. The molecule has 4 aromatic carbocycles. The highest BCUT2D eigenvalue weighted by Gasteiger charge is 2.31. The summed E-state index contributed by atoms with van der Waals surface area (Å²) >= 11 is 0. The lowest BCUT2D eigenvalue weighted by atomic mass is 10.1. The number of halogens is 1. The summed E-state index contributed by atoms with van der Waals surface area (Å²) in [4.78, 5) is 41.6. The number of carbonyl (C=O) groups excluding carboxylic acids is 2. The minimum atomic E-state index is -3.68. The molecule has 2 aliphatic heterocycles. The Morgan fingerprint density at radius 1 is 0.556 bits per heavy atom. The summed E-state index contributed by atoms with van der Waals surface area (Å²) in [6.45, 7) is 2.11. The fourth-order valence-corrected chi connectivity index (χ4v) is 9.03. The van der Waals surface area contributed by atoms with Gasteiger partial charge in [0.1, 0.15) is 11.4 Å². The van der Waals surface area contributed by atoms with Gasteiger partial charge in [-0.1, -0.05) is 60.7 Å². The van der Waals surface area contributed by atoms with E-state index >= 15 is 0 Å². The van der Waals surface area contributed by atoms with E-state index in [1.807, 2.05) is 42.5 Å². The topological polar surface area (TPSA) is 179 Å². The molecule has 1 N–H and O–H groups in total. The van der Waals surface area contributed by atoms with E-state index < -0.39 is 19.1 Å². The van der Waals surface area contributed by atoms with Gasteiger partial charge in [0.15, 0.2) is 0 Å². The minimum Gasteiger partial charge on any atom is -0.309 e. The third-order valence-corrected chi connectivity index (χ3v) is 13.4. The molecule has 316 valence electrons. The van der Waals surface area contributed by atoms with Crippen LogP contribution < -0.4 is 5.32 Å². The molecule has 0 amide bonds. The van der Waals surface area contributed by atoms with Gasteiger partial charge in [-0.05, 0) is 82.9 Å². The molecule has 0 atom stereocenters. The Labute approximate surface area is 368 Å². The van der Waals surface area contributed by atoms with Gasteiger partial charge in [0.25, 0.3) is 9.05 Å². The lowest BCUT2D eigenvalue weighted by molar-refractivity contribution is 0.102. The van der Waals surface area contributed by atoms with E-state index in [0.717, 1.165) is 35.6 Å². The molecule has 0 fully saturated rings. The Morgan fingerprint density at radius 2 is 1.02 bits per heavy atom. The SMILES string of the molecule is O=C(c1ccccc1)c1cc2c(cn1)CN(S(=O)(=O)c1ccc(-n3ccnc3)cc1)C2.O=C(c1ccccc1)c1cc2c(cn1)CNC2.O=S(=O)(Cl)c1ccc(-n2ccnc2)cc1. The van der Waals surface area contributed by atoms with Crippen molar-refractivity contribution in [3.8, 4) is 11.4 Å². The molecule has 6 heterocycles. The van der Waals surface area contributed by atoms with E-state index in [0.29, 0.717) is 22.5 Å². The minimum absolute atomic E-state index is 0.0136. The Bertz CT molecular complexity index is 3100. The van der Waals surface area contributed by atoms with Crippen molar-refractivity contribution in [3.63, 3.8) is 0 Å². The molecule has 0 saturated heterocycles.